The number of anilines is 1. The van der Waals surface area contributed by atoms with Crippen molar-refractivity contribution in [2.24, 2.45) is 0 Å². The number of nitrogens with zero attached hydrogens (tertiary/aromatic N) is 2. The van der Waals surface area contributed by atoms with Crippen molar-refractivity contribution in [2.75, 3.05) is 25.1 Å². The maximum absolute atomic E-state index is 10.5. The molecular weight excluding hydrogens is 263 g/mol. The van der Waals surface area contributed by atoms with E-state index in [0.29, 0.717) is 12.2 Å². The molecule has 0 atom stereocenters. The molecule has 1 aromatic heterocycles. The van der Waals surface area contributed by atoms with E-state index in [1.54, 1.807) is 30.5 Å². The van der Waals surface area contributed by atoms with Gasteiger partial charge >= 0.3 is 0 Å². The van der Waals surface area contributed by atoms with Gasteiger partial charge in [-0.2, -0.15) is 0 Å². The Labute approximate surface area is 141 Å². The van der Waals surface area contributed by atoms with E-state index in [9.17, 15) is 4.79 Å². The number of rotatable bonds is 6. The third-order valence-corrected chi connectivity index (χ3v) is 2.75. The Morgan fingerprint density at radius 3 is 2.55 bits per heavy atom. The molecule has 0 unspecified atom stereocenters. The van der Waals surface area contributed by atoms with Crippen LogP contribution in [0, 0.1) is 0 Å². The largest absolute Gasteiger partial charge is 0.492 e. The minimum absolute atomic E-state index is 0. The number of ether oxygens (including phenoxy) is 1. The minimum Gasteiger partial charge on any atom is -0.492 e. The summed E-state index contributed by atoms with van der Waals surface area (Å²) in [6.07, 6.45) is 2.59. The molecule has 0 spiro atoms. The summed E-state index contributed by atoms with van der Waals surface area (Å²) in [5, 5.41) is 0. The maximum atomic E-state index is 10.5. The Kier molecular flexibility index (Phi) is 7.30. The molecule has 0 saturated heterocycles. The SMILES string of the molecule is CN(CCOc1ccc(C=O)cc1)c1ccccn1.[Na]. The predicted octanol–water partition coefficient (Wildman–Crippen LogP) is 2.03. The van der Waals surface area contributed by atoms with Gasteiger partial charge in [-0.25, -0.2) is 4.98 Å². The number of carbonyl (C=O) groups excluding carboxylic acids is 1. The van der Waals surface area contributed by atoms with Crippen LogP contribution in [-0.2, 0) is 0 Å². The van der Waals surface area contributed by atoms with E-state index in [1.165, 1.54) is 0 Å². The molecule has 0 aliphatic heterocycles. The maximum Gasteiger partial charge on any atom is 0.150 e. The van der Waals surface area contributed by atoms with Gasteiger partial charge in [0.15, 0.2) is 0 Å². The molecule has 0 fully saturated rings. The average molecular weight is 279 g/mol. The first kappa shape index (κ1) is 16.7. The number of pyridine rings is 1. The smallest absolute Gasteiger partial charge is 0.150 e. The van der Waals surface area contributed by atoms with Gasteiger partial charge < -0.3 is 9.64 Å². The molecule has 0 aliphatic rings. The number of benzene rings is 1. The van der Waals surface area contributed by atoms with Gasteiger partial charge in [0.05, 0.1) is 6.54 Å². The van der Waals surface area contributed by atoms with Crippen LogP contribution in [0.1, 0.15) is 10.4 Å². The molecule has 2 aromatic rings. The molecule has 99 valence electrons. The molecule has 1 radical (unpaired) electrons. The fourth-order valence-corrected chi connectivity index (χ4v) is 1.64. The standard InChI is InChI=1S/C15H16N2O2.Na/c1-17(15-4-2-3-9-16-15)10-11-19-14-7-5-13(12-18)6-8-14;/h2-9,12H,10-11H2,1H3;. The van der Waals surface area contributed by atoms with Crippen molar-refractivity contribution in [3.05, 3.63) is 54.2 Å². The number of likely N-dealkylation sites (N-methyl/N-ethyl adjacent to an activating group) is 1. The second-order valence-electron chi connectivity index (χ2n) is 4.14. The molecule has 0 bridgehead atoms. The summed E-state index contributed by atoms with van der Waals surface area (Å²) in [7, 11) is 1.97. The third-order valence-electron chi connectivity index (χ3n) is 2.75. The molecule has 1 aromatic carbocycles. The van der Waals surface area contributed by atoms with E-state index >= 15 is 0 Å². The molecule has 20 heavy (non-hydrogen) atoms. The molecule has 0 N–H and O–H groups in total. The summed E-state index contributed by atoms with van der Waals surface area (Å²) in [6, 6.07) is 12.9. The Balaban J connectivity index is 0.00000200. The molecule has 2 rings (SSSR count). The zero-order valence-electron chi connectivity index (χ0n) is 11.8. The van der Waals surface area contributed by atoms with Crippen molar-refractivity contribution in [3.63, 3.8) is 0 Å². The quantitative estimate of drug-likeness (QED) is 0.599. The molecule has 4 nitrogen and oxygen atoms in total. The summed E-state index contributed by atoms with van der Waals surface area (Å²) in [5.74, 6) is 1.68. The Morgan fingerprint density at radius 1 is 1.20 bits per heavy atom. The van der Waals surface area contributed by atoms with Crippen molar-refractivity contribution in [1.29, 1.82) is 0 Å². The van der Waals surface area contributed by atoms with Crippen LogP contribution in [0.25, 0.3) is 0 Å². The van der Waals surface area contributed by atoms with Crippen molar-refractivity contribution in [2.45, 2.75) is 0 Å². The van der Waals surface area contributed by atoms with Gasteiger partial charge in [-0.1, -0.05) is 6.07 Å². The third kappa shape index (κ3) is 4.96. The fourth-order valence-electron chi connectivity index (χ4n) is 1.64. The van der Waals surface area contributed by atoms with Crippen LogP contribution in [0.15, 0.2) is 48.7 Å². The van der Waals surface area contributed by atoms with E-state index in [2.05, 4.69) is 4.98 Å². The van der Waals surface area contributed by atoms with Crippen molar-refractivity contribution >= 4 is 41.7 Å². The number of aromatic nitrogens is 1. The zero-order valence-corrected chi connectivity index (χ0v) is 13.8. The molecule has 5 heteroatoms. The first-order chi connectivity index (χ1) is 9.29. The number of carbonyl (C=O) groups is 1. The van der Waals surface area contributed by atoms with Crippen LogP contribution >= 0.6 is 0 Å². The average Bonchev–Trinajstić information content (AvgIpc) is 2.49. The van der Waals surface area contributed by atoms with Crippen LogP contribution in [0.4, 0.5) is 5.82 Å². The predicted molar refractivity (Wildman–Crippen MR) is 80.6 cm³/mol. The molecule has 1 heterocycles. The number of hydrogen-bond donors (Lipinski definition) is 0. The summed E-state index contributed by atoms with van der Waals surface area (Å²) >= 11 is 0. The first-order valence-corrected chi connectivity index (χ1v) is 6.10. The van der Waals surface area contributed by atoms with Crippen LogP contribution < -0.4 is 9.64 Å². The monoisotopic (exact) mass is 279 g/mol. The summed E-state index contributed by atoms with van der Waals surface area (Å²) < 4.78 is 5.61. The Morgan fingerprint density at radius 2 is 1.95 bits per heavy atom. The van der Waals surface area contributed by atoms with E-state index in [-0.39, 0.29) is 29.6 Å². The van der Waals surface area contributed by atoms with Crippen LogP contribution in [0.5, 0.6) is 5.75 Å². The summed E-state index contributed by atoms with van der Waals surface area (Å²) in [6.45, 7) is 1.31. The minimum atomic E-state index is 0. The van der Waals surface area contributed by atoms with Gasteiger partial charge in [0.1, 0.15) is 24.5 Å². The number of hydrogen-bond acceptors (Lipinski definition) is 4. The van der Waals surface area contributed by atoms with E-state index < -0.39 is 0 Å². The molecule has 0 amide bonds. The van der Waals surface area contributed by atoms with Crippen molar-refractivity contribution in [1.82, 2.24) is 4.98 Å². The van der Waals surface area contributed by atoms with Crippen molar-refractivity contribution in [3.8, 4) is 5.75 Å². The fraction of sp³-hybridized carbons (Fsp3) is 0.200. The van der Waals surface area contributed by atoms with E-state index in [0.717, 1.165) is 24.4 Å². The van der Waals surface area contributed by atoms with Gasteiger partial charge in [0.25, 0.3) is 0 Å². The topological polar surface area (TPSA) is 42.4 Å². The van der Waals surface area contributed by atoms with Gasteiger partial charge in [-0.05, 0) is 36.4 Å². The van der Waals surface area contributed by atoms with Gasteiger partial charge in [0, 0.05) is 48.4 Å². The molecular formula is C15H16N2NaO2. The van der Waals surface area contributed by atoms with Crippen LogP contribution in [-0.4, -0.2) is 61.0 Å². The van der Waals surface area contributed by atoms with E-state index in [4.69, 9.17) is 4.74 Å². The normalized spacial score (nSPS) is 9.45. The first-order valence-electron chi connectivity index (χ1n) is 6.10. The van der Waals surface area contributed by atoms with E-state index in [1.807, 2.05) is 30.1 Å². The van der Waals surface area contributed by atoms with Gasteiger partial charge in [0.2, 0.25) is 0 Å². The Hall–Kier alpha value is -1.36. The molecule has 0 aliphatic carbocycles. The second-order valence-corrected chi connectivity index (χ2v) is 4.14. The summed E-state index contributed by atoms with van der Waals surface area (Å²) in [5.41, 5.74) is 0.651. The molecule has 0 saturated carbocycles. The zero-order chi connectivity index (χ0) is 13.5. The van der Waals surface area contributed by atoms with Crippen molar-refractivity contribution < 1.29 is 9.53 Å². The van der Waals surface area contributed by atoms with Gasteiger partial charge in [-0.3, -0.25) is 4.79 Å². The second kappa shape index (κ2) is 8.74. The summed E-state index contributed by atoms with van der Waals surface area (Å²) in [4.78, 5) is 16.8. The van der Waals surface area contributed by atoms with Crippen LogP contribution in [0.3, 0.4) is 0 Å². The number of aldehydes is 1. The van der Waals surface area contributed by atoms with Gasteiger partial charge in [-0.15, -0.1) is 0 Å². The van der Waals surface area contributed by atoms with Crippen LogP contribution in [0.2, 0.25) is 0 Å². The Bertz CT molecular complexity index is 517.